The Morgan fingerprint density at radius 3 is 2.58 bits per heavy atom. The molecule has 5 heteroatoms. The number of aromatic nitrogens is 2. The Balaban J connectivity index is 2.03. The van der Waals surface area contributed by atoms with Crippen LogP contribution >= 0.6 is 11.6 Å². The van der Waals surface area contributed by atoms with Crippen molar-refractivity contribution in [2.24, 2.45) is 0 Å². The molecule has 0 bridgehead atoms. The number of para-hydroxylation sites is 1. The average Bonchev–Trinajstić information content (AvgIpc) is 2.97. The second-order valence-corrected chi connectivity index (χ2v) is 7.01. The molecule has 0 spiro atoms. The SMILES string of the molecule is CCN(CC)CCn1c2ccccc2c2c[n+]([O-])c3cc(Cl)ccc3c21. The van der Waals surface area contributed by atoms with Gasteiger partial charge < -0.3 is 14.7 Å². The Hall–Kier alpha value is -2.30. The lowest BCUT2D eigenvalue weighted by Gasteiger charge is -2.19. The van der Waals surface area contributed by atoms with Crippen molar-refractivity contribution < 1.29 is 4.73 Å². The minimum atomic E-state index is 0.576. The van der Waals surface area contributed by atoms with Crippen LogP contribution < -0.4 is 4.73 Å². The van der Waals surface area contributed by atoms with Gasteiger partial charge in [0.25, 0.3) is 0 Å². The maximum atomic E-state index is 12.6. The van der Waals surface area contributed by atoms with Crippen LogP contribution in [0.15, 0.2) is 48.7 Å². The number of rotatable bonds is 5. The highest BCUT2D eigenvalue weighted by molar-refractivity contribution is 6.31. The van der Waals surface area contributed by atoms with E-state index in [0.29, 0.717) is 10.5 Å². The van der Waals surface area contributed by atoms with Gasteiger partial charge >= 0.3 is 0 Å². The Morgan fingerprint density at radius 2 is 1.81 bits per heavy atom. The number of likely N-dealkylation sites (N-methyl/N-ethyl adjacent to an activating group) is 1. The van der Waals surface area contributed by atoms with Crippen molar-refractivity contribution in [1.82, 2.24) is 9.47 Å². The monoisotopic (exact) mass is 367 g/mol. The summed E-state index contributed by atoms with van der Waals surface area (Å²) in [5, 5.41) is 16.2. The van der Waals surface area contributed by atoms with Crippen LogP contribution in [-0.2, 0) is 6.54 Å². The number of fused-ring (bicyclic) bond motifs is 5. The largest absolute Gasteiger partial charge is 0.618 e. The number of nitrogens with zero attached hydrogens (tertiary/aromatic N) is 3. The fourth-order valence-electron chi connectivity index (χ4n) is 3.84. The van der Waals surface area contributed by atoms with Gasteiger partial charge in [0.05, 0.1) is 16.3 Å². The van der Waals surface area contributed by atoms with Crippen molar-refractivity contribution in [3.05, 3.63) is 58.9 Å². The summed E-state index contributed by atoms with van der Waals surface area (Å²) in [5.74, 6) is 0. The van der Waals surface area contributed by atoms with Gasteiger partial charge in [-0.05, 0) is 31.3 Å². The lowest BCUT2D eigenvalue weighted by atomic mass is 10.1. The summed E-state index contributed by atoms with van der Waals surface area (Å²) < 4.78 is 3.28. The van der Waals surface area contributed by atoms with Gasteiger partial charge in [-0.15, -0.1) is 0 Å². The molecular weight excluding hydrogens is 346 g/mol. The maximum Gasteiger partial charge on any atom is 0.227 e. The summed E-state index contributed by atoms with van der Waals surface area (Å²) in [5.41, 5.74) is 2.88. The maximum absolute atomic E-state index is 12.6. The smallest absolute Gasteiger partial charge is 0.227 e. The van der Waals surface area contributed by atoms with Crippen LogP contribution in [0.5, 0.6) is 0 Å². The molecule has 4 aromatic rings. The highest BCUT2D eigenvalue weighted by Crippen LogP contribution is 2.33. The van der Waals surface area contributed by atoms with Gasteiger partial charge in [-0.2, -0.15) is 4.73 Å². The molecule has 4 rings (SSSR count). The second kappa shape index (κ2) is 6.78. The molecule has 0 unspecified atom stereocenters. The van der Waals surface area contributed by atoms with Crippen LogP contribution in [0, 0.1) is 5.21 Å². The van der Waals surface area contributed by atoms with E-state index < -0.39 is 0 Å². The van der Waals surface area contributed by atoms with Crippen molar-refractivity contribution in [3.8, 4) is 0 Å². The van der Waals surface area contributed by atoms with Crippen LogP contribution in [0.3, 0.4) is 0 Å². The summed E-state index contributed by atoms with van der Waals surface area (Å²) >= 11 is 6.13. The van der Waals surface area contributed by atoms with E-state index in [1.165, 1.54) is 0 Å². The molecule has 0 aliphatic carbocycles. The van der Waals surface area contributed by atoms with Gasteiger partial charge in [0.15, 0.2) is 6.20 Å². The van der Waals surface area contributed by atoms with Crippen molar-refractivity contribution in [2.75, 3.05) is 19.6 Å². The lowest BCUT2D eigenvalue weighted by Crippen LogP contribution is -2.28. The molecule has 0 saturated heterocycles. The predicted octanol–water partition coefficient (Wildman–Crippen LogP) is 4.58. The summed E-state index contributed by atoms with van der Waals surface area (Å²) in [6, 6.07) is 13.9. The zero-order chi connectivity index (χ0) is 18.3. The first kappa shape index (κ1) is 17.1. The molecule has 0 atom stereocenters. The molecule has 26 heavy (non-hydrogen) atoms. The Morgan fingerprint density at radius 1 is 1.04 bits per heavy atom. The molecule has 2 aromatic heterocycles. The highest BCUT2D eigenvalue weighted by atomic mass is 35.5. The van der Waals surface area contributed by atoms with Crippen molar-refractivity contribution in [1.29, 1.82) is 0 Å². The first-order chi connectivity index (χ1) is 12.6. The summed E-state index contributed by atoms with van der Waals surface area (Å²) in [6.45, 7) is 8.30. The molecular formula is C21H22ClN3O. The molecule has 4 nitrogen and oxygen atoms in total. The van der Waals surface area contributed by atoms with Crippen molar-refractivity contribution in [2.45, 2.75) is 20.4 Å². The topological polar surface area (TPSA) is 35.1 Å². The quantitative estimate of drug-likeness (QED) is 0.382. The van der Waals surface area contributed by atoms with Gasteiger partial charge in [-0.3, -0.25) is 0 Å². The third-order valence-corrected chi connectivity index (χ3v) is 5.48. The molecule has 0 N–H and O–H groups in total. The Labute approximate surface area is 157 Å². The zero-order valence-corrected chi connectivity index (χ0v) is 15.8. The molecule has 0 aliphatic rings. The average molecular weight is 368 g/mol. The molecule has 0 aliphatic heterocycles. The van der Waals surface area contributed by atoms with Crippen LogP contribution in [0.2, 0.25) is 5.02 Å². The minimum Gasteiger partial charge on any atom is -0.618 e. The van der Waals surface area contributed by atoms with Gasteiger partial charge in [0.2, 0.25) is 5.52 Å². The third kappa shape index (κ3) is 2.70. The van der Waals surface area contributed by atoms with Crippen LogP contribution in [0.1, 0.15) is 13.8 Å². The number of hydrogen-bond acceptors (Lipinski definition) is 2. The summed E-state index contributed by atoms with van der Waals surface area (Å²) in [4.78, 5) is 2.41. The molecule has 0 amide bonds. The van der Waals surface area contributed by atoms with E-state index in [0.717, 1.165) is 58.1 Å². The fraction of sp³-hybridized carbons (Fsp3) is 0.286. The van der Waals surface area contributed by atoms with Crippen molar-refractivity contribution >= 4 is 44.3 Å². The Bertz CT molecular complexity index is 1100. The van der Waals surface area contributed by atoms with Gasteiger partial charge in [0, 0.05) is 35.1 Å². The molecule has 134 valence electrons. The van der Waals surface area contributed by atoms with Crippen molar-refractivity contribution in [3.63, 3.8) is 0 Å². The number of benzene rings is 2. The number of halogens is 1. The predicted molar refractivity (Wildman–Crippen MR) is 109 cm³/mol. The van der Waals surface area contributed by atoms with E-state index in [1.54, 1.807) is 12.3 Å². The van der Waals surface area contributed by atoms with Gasteiger partial charge in [-0.25, -0.2) is 0 Å². The number of pyridine rings is 1. The highest BCUT2D eigenvalue weighted by Gasteiger charge is 2.19. The first-order valence-electron chi connectivity index (χ1n) is 9.08. The van der Waals surface area contributed by atoms with Gasteiger partial charge in [-0.1, -0.05) is 43.6 Å². The fourth-order valence-corrected chi connectivity index (χ4v) is 4.01. The van der Waals surface area contributed by atoms with Gasteiger partial charge in [0.1, 0.15) is 0 Å². The first-order valence-corrected chi connectivity index (χ1v) is 9.46. The van der Waals surface area contributed by atoms with E-state index in [1.807, 2.05) is 18.2 Å². The zero-order valence-electron chi connectivity index (χ0n) is 15.1. The standard InChI is InChI=1S/C21H22ClN3O/c1-3-23(4-2)11-12-24-19-8-6-5-7-16(19)18-14-25(26)20-13-15(22)9-10-17(20)21(18)24/h5-10,13-14H,3-4,11-12H2,1-2H3. The van der Waals surface area contributed by atoms with E-state index in [2.05, 4.69) is 41.5 Å². The van der Waals surface area contributed by atoms with E-state index in [9.17, 15) is 5.21 Å². The van der Waals surface area contributed by atoms with E-state index in [-0.39, 0.29) is 0 Å². The molecule has 0 saturated carbocycles. The van der Waals surface area contributed by atoms with E-state index in [4.69, 9.17) is 11.6 Å². The minimum absolute atomic E-state index is 0.576. The molecule has 0 fully saturated rings. The Kier molecular flexibility index (Phi) is 4.47. The van der Waals surface area contributed by atoms with E-state index >= 15 is 0 Å². The molecule has 2 heterocycles. The molecule has 2 aromatic carbocycles. The normalized spacial score (nSPS) is 12.0. The molecule has 0 radical (unpaired) electrons. The van der Waals surface area contributed by atoms with Crippen LogP contribution in [-0.4, -0.2) is 29.1 Å². The van der Waals surface area contributed by atoms with Crippen LogP contribution in [0.4, 0.5) is 0 Å². The second-order valence-electron chi connectivity index (χ2n) is 6.57. The number of hydrogen-bond donors (Lipinski definition) is 0. The summed E-state index contributed by atoms with van der Waals surface area (Å²) in [6.07, 6.45) is 1.68. The summed E-state index contributed by atoms with van der Waals surface area (Å²) in [7, 11) is 0. The lowest BCUT2D eigenvalue weighted by molar-refractivity contribution is -0.575. The third-order valence-electron chi connectivity index (χ3n) is 5.24. The van der Waals surface area contributed by atoms with Crippen LogP contribution in [0.25, 0.3) is 32.7 Å².